The van der Waals surface area contributed by atoms with Gasteiger partial charge in [0.25, 0.3) is 0 Å². The molecule has 0 bridgehead atoms. The minimum Gasteiger partial charge on any atom is -0.383 e. The maximum absolute atomic E-state index is 12.5. The van der Waals surface area contributed by atoms with Gasteiger partial charge in [0.2, 0.25) is 11.8 Å². The molecule has 0 aliphatic carbocycles. The van der Waals surface area contributed by atoms with E-state index in [1.807, 2.05) is 0 Å². The van der Waals surface area contributed by atoms with E-state index in [1.165, 1.54) is 19.1 Å². The summed E-state index contributed by atoms with van der Waals surface area (Å²) in [6.45, 7) is 1.12. The summed E-state index contributed by atoms with van der Waals surface area (Å²) in [6, 6.07) is 0. The van der Waals surface area contributed by atoms with Gasteiger partial charge in [0.05, 0.1) is 6.61 Å². The first-order valence-corrected chi connectivity index (χ1v) is 8.81. The first kappa shape index (κ1) is 17.2. The molecule has 2 rings (SSSR count). The highest BCUT2D eigenvalue weighted by Crippen LogP contribution is 2.39. The van der Waals surface area contributed by atoms with Crippen LogP contribution in [-0.4, -0.2) is 87.7 Å². The Morgan fingerprint density at radius 3 is 2.41 bits per heavy atom. The van der Waals surface area contributed by atoms with Crippen molar-refractivity contribution < 1.29 is 27.5 Å². The Balaban J connectivity index is 2.17. The van der Waals surface area contributed by atoms with Crippen LogP contribution in [0, 0.1) is 0 Å². The standard InChI is InChI=1S/C13H22N2O6S/c1-20-8-7-15-12(17)10-22(18,19)13(15)3-5-14(6-4-13)11(16)9-21-2/h3-10H2,1-2H3. The highest BCUT2D eigenvalue weighted by Gasteiger charge is 2.58. The van der Waals surface area contributed by atoms with Gasteiger partial charge >= 0.3 is 0 Å². The highest BCUT2D eigenvalue weighted by atomic mass is 32.2. The summed E-state index contributed by atoms with van der Waals surface area (Å²) >= 11 is 0. The summed E-state index contributed by atoms with van der Waals surface area (Å²) in [4.78, 5) is 25.7. The maximum Gasteiger partial charge on any atom is 0.248 e. The lowest BCUT2D eigenvalue weighted by molar-refractivity contribution is -0.138. The van der Waals surface area contributed by atoms with Gasteiger partial charge in [-0.15, -0.1) is 0 Å². The number of methoxy groups -OCH3 is 2. The molecule has 0 aromatic carbocycles. The monoisotopic (exact) mass is 334 g/mol. The minimum absolute atomic E-state index is 0.0218. The summed E-state index contributed by atoms with van der Waals surface area (Å²) in [5.74, 6) is -1.00. The van der Waals surface area contributed by atoms with Crippen LogP contribution in [0.5, 0.6) is 0 Å². The predicted molar refractivity (Wildman–Crippen MR) is 77.8 cm³/mol. The Labute approximate surface area is 130 Å². The molecule has 0 aromatic rings. The first-order chi connectivity index (χ1) is 10.4. The van der Waals surface area contributed by atoms with Gasteiger partial charge in [-0.3, -0.25) is 9.59 Å². The molecule has 1 spiro atoms. The van der Waals surface area contributed by atoms with Crippen molar-refractivity contribution in [2.45, 2.75) is 17.7 Å². The number of hydrogen-bond donors (Lipinski definition) is 0. The van der Waals surface area contributed by atoms with Gasteiger partial charge in [-0.2, -0.15) is 0 Å². The van der Waals surface area contributed by atoms with Crippen molar-refractivity contribution in [1.82, 2.24) is 9.80 Å². The molecule has 2 aliphatic rings. The van der Waals surface area contributed by atoms with Gasteiger partial charge < -0.3 is 19.3 Å². The zero-order valence-corrected chi connectivity index (χ0v) is 13.7. The van der Waals surface area contributed by atoms with Crippen LogP contribution < -0.4 is 0 Å². The number of carbonyl (C=O) groups is 2. The van der Waals surface area contributed by atoms with Crippen LogP contribution in [-0.2, 0) is 28.9 Å². The van der Waals surface area contributed by atoms with Gasteiger partial charge in [0, 0.05) is 46.7 Å². The Morgan fingerprint density at radius 1 is 1.23 bits per heavy atom. The molecule has 2 amide bonds. The molecule has 22 heavy (non-hydrogen) atoms. The van der Waals surface area contributed by atoms with E-state index in [0.29, 0.717) is 13.1 Å². The minimum atomic E-state index is -3.55. The third-order valence-corrected chi connectivity index (χ3v) is 6.78. The lowest BCUT2D eigenvalue weighted by atomic mass is 10.0. The van der Waals surface area contributed by atoms with E-state index in [1.54, 1.807) is 4.90 Å². The van der Waals surface area contributed by atoms with Crippen molar-refractivity contribution in [2.24, 2.45) is 0 Å². The van der Waals surface area contributed by atoms with Gasteiger partial charge in [-0.05, 0) is 0 Å². The second-order valence-corrected chi connectivity index (χ2v) is 7.84. The molecule has 0 aromatic heterocycles. The molecule has 2 saturated heterocycles. The topological polar surface area (TPSA) is 93.2 Å². The Kier molecular flexibility index (Phi) is 5.08. The summed E-state index contributed by atoms with van der Waals surface area (Å²) in [7, 11) is -0.600. The quantitative estimate of drug-likeness (QED) is 0.631. The Hall–Kier alpha value is -1.19. The van der Waals surface area contributed by atoms with Crippen molar-refractivity contribution in [3.63, 3.8) is 0 Å². The number of piperidine rings is 1. The van der Waals surface area contributed by atoms with Crippen LogP contribution >= 0.6 is 0 Å². The number of carbonyl (C=O) groups excluding carboxylic acids is 2. The van der Waals surface area contributed by atoms with Crippen molar-refractivity contribution >= 4 is 21.7 Å². The van der Waals surface area contributed by atoms with E-state index in [0.717, 1.165) is 0 Å². The van der Waals surface area contributed by atoms with Crippen LogP contribution in [0.4, 0.5) is 0 Å². The largest absolute Gasteiger partial charge is 0.383 e. The van der Waals surface area contributed by atoms with Crippen LogP contribution in [0.3, 0.4) is 0 Å². The van der Waals surface area contributed by atoms with E-state index >= 15 is 0 Å². The first-order valence-electron chi connectivity index (χ1n) is 7.16. The fourth-order valence-corrected chi connectivity index (χ4v) is 5.27. The number of sulfone groups is 1. The number of hydrogen-bond acceptors (Lipinski definition) is 6. The van der Waals surface area contributed by atoms with Crippen molar-refractivity contribution in [3.8, 4) is 0 Å². The number of likely N-dealkylation sites (tertiary alicyclic amines) is 1. The molecule has 0 radical (unpaired) electrons. The summed E-state index contributed by atoms with van der Waals surface area (Å²) in [6.07, 6.45) is 0.473. The summed E-state index contributed by atoms with van der Waals surface area (Å²) in [5, 5.41) is 0. The zero-order chi connectivity index (χ0) is 16.4. The average Bonchev–Trinajstić information content (AvgIpc) is 2.64. The van der Waals surface area contributed by atoms with Gasteiger partial charge in [0.1, 0.15) is 17.2 Å². The highest BCUT2D eigenvalue weighted by molar-refractivity contribution is 7.93. The van der Waals surface area contributed by atoms with Crippen LogP contribution in [0.1, 0.15) is 12.8 Å². The lowest BCUT2D eigenvalue weighted by Crippen LogP contribution is -2.57. The molecule has 2 aliphatic heterocycles. The molecule has 0 unspecified atom stereocenters. The van der Waals surface area contributed by atoms with Crippen LogP contribution in [0.2, 0.25) is 0 Å². The molecule has 0 N–H and O–H groups in total. The molecule has 2 fully saturated rings. The van der Waals surface area contributed by atoms with E-state index in [2.05, 4.69) is 0 Å². The van der Waals surface area contributed by atoms with Crippen molar-refractivity contribution in [3.05, 3.63) is 0 Å². The smallest absolute Gasteiger partial charge is 0.248 e. The molecule has 0 atom stereocenters. The molecule has 0 saturated carbocycles. The van der Waals surface area contributed by atoms with Crippen molar-refractivity contribution in [1.29, 1.82) is 0 Å². The zero-order valence-electron chi connectivity index (χ0n) is 12.9. The van der Waals surface area contributed by atoms with Gasteiger partial charge in [-0.1, -0.05) is 0 Å². The van der Waals surface area contributed by atoms with Gasteiger partial charge in [0.15, 0.2) is 9.84 Å². The molecule has 9 heteroatoms. The average molecular weight is 334 g/mol. The van der Waals surface area contributed by atoms with Crippen LogP contribution in [0.25, 0.3) is 0 Å². The summed E-state index contributed by atoms with van der Waals surface area (Å²) in [5.41, 5.74) is 0. The summed E-state index contributed by atoms with van der Waals surface area (Å²) < 4.78 is 34.8. The predicted octanol–water partition coefficient (Wildman–Crippen LogP) is -1.15. The van der Waals surface area contributed by atoms with E-state index < -0.39 is 20.5 Å². The fraction of sp³-hybridized carbons (Fsp3) is 0.846. The lowest BCUT2D eigenvalue weighted by Gasteiger charge is -2.43. The Morgan fingerprint density at radius 2 is 1.86 bits per heavy atom. The molecule has 126 valence electrons. The third-order valence-electron chi connectivity index (χ3n) is 4.37. The second-order valence-electron chi connectivity index (χ2n) is 5.56. The van der Waals surface area contributed by atoms with Crippen molar-refractivity contribution in [2.75, 3.05) is 52.8 Å². The number of rotatable bonds is 5. The molecule has 8 nitrogen and oxygen atoms in total. The second kappa shape index (κ2) is 6.51. The van der Waals surface area contributed by atoms with Crippen LogP contribution in [0.15, 0.2) is 0 Å². The van der Waals surface area contributed by atoms with E-state index in [9.17, 15) is 18.0 Å². The third kappa shape index (κ3) is 2.84. The van der Waals surface area contributed by atoms with Gasteiger partial charge in [-0.25, -0.2) is 8.42 Å². The molecular formula is C13H22N2O6S. The fourth-order valence-electron chi connectivity index (χ4n) is 3.18. The normalized spacial score (nSPS) is 23.3. The number of amides is 2. The van der Waals surface area contributed by atoms with E-state index in [-0.39, 0.29) is 44.4 Å². The number of ether oxygens (including phenoxy) is 2. The van der Waals surface area contributed by atoms with E-state index in [4.69, 9.17) is 9.47 Å². The maximum atomic E-state index is 12.5. The number of nitrogens with zero attached hydrogens (tertiary/aromatic N) is 2. The molecule has 2 heterocycles. The Bertz CT molecular complexity index is 539. The SMILES string of the molecule is COCCN1C(=O)CS(=O)(=O)C12CCN(C(=O)COC)CC2. The molecular weight excluding hydrogens is 312 g/mol.